The Kier molecular flexibility index (Phi) is 9.79. The number of aliphatic imine (C=N–C) groups is 1. The standard InChI is InChI=1S/C20H31N5O.HI/c1-6-16-9-8-10-17(7-2)19(16)23-20(21)22-13-18-14(3)24-25(15(18)4)11-12-26-5;/h8-10H,6-7,11-13H2,1-5H3,(H3,21,22,23);1H. The molecule has 0 radical (unpaired) electrons. The average molecular weight is 485 g/mol. The van der Waals surface area contributed by atoms with Crippen LogP contribution in [0, 0.1) is 13.8 Å². The fraction of sp³-hybridized carbons (Fsp3) is 0.500. The second-order valence-corrected chi connectivity index (χ2v) is 6.35. The van der Waals surface area contributed by atoms with Crippen molar-refractivity contribution >= 4 is 35.6 Å². The predicted octanol–water partition coefficient (Wildman–Crippen LogP) is 3.82. The van der Waals surface area contributed by atoms with Crippen LogP contribution in [0.1, 0.15) is 41.9 Å². The Morgan fingerprint density at radius 3 is 2.41 bits per heavy atom. The summed E-state index contributed by atoms with van der Waals surface area (Å²) >= 11 is 0. The van der Waals surface area contributed by atoms with Gasteiger partial charge in [-0.3, -0.25) is 4.68 Å². The minimum absolute atomic E-state index is 0. The number of nitrogens with two attached hydrogens (primary N) is 1. The predicted molar refractivity (Wildman–Crippen MR) is 123 cm³/mol. The maximum absolute atomic E-state index is 6.18. The molecule has 0 aliphatic heterocycles. The summed E-state index contributed by atoms with van der Waals surface area (Å²) in [6.45, 7) is 10.3. The van der Waals surface area contributed by atoms with Crippen molar-refractivity contribution in [2.24, 2.45) is 10.7 Å². The number of para-hydroxylation sites is 1. The van der Waals surface area contributed by atoms with E-state index in [2.05, 4.69) is 54.4 Å². The van der Waals surface area contributed by atoms with Crippen molar-refractivity contribution < 1.29 is 4.74 Å². The monoisotopic (exact) mass is 485 g/mol. The zero-order valence-corrected chi connectivity index (χ0v) is 19.3. The number of halogens is 1. The number of hydrogen-bond donors (Lipinski definition) is 2. The van der Waals surface area contributed by atoms with E-state index in [9.17, 15) is 0 Å². The molecule has 0 saturated heterocycles. The van der Waals surface area contributed by atoms with Gasteiger partial charge in [-0.1, -0.05) is 32.0 Å². The fourth-order valence-electron chi connectivity index (χ4n) is 3.09. The lowest BCUT2D eigenvalue weighted by Gasteiger charge is -2.14. The lowest BCUT2D eigenvalue weighted by Crippen LogP contribution is -2.24. The first-order chi connectivity index (χ1) is 12.5. The molecule has 0 spiro atoms. The summed E-state index contributed by atoms with van der Waals surface area (Å²) in [5.41, 5.74) is 13.0. The van der Waals surface area contributed by atoms with Gasteiger partial charge in [-0.05, 0) is 37.8 Å². The van der Waals surface area contributed by atoms with Gasteiger partial charge in [0.15, 0.2) is 5.96 Å². The van der Waals surface area contributed by atoms with Crippen LogP contribution in [-0.2, 0) is 30.7 Å². The summed E-state index contributed by atoms with van der Waals surface area (Å²) in [5, 5.41) is 7.88. The van der Waals surface area contributed by atoms with Gasteiger partial charge >= 0.3 is 0 Å². The molecule has 0 fully saturated rings. The van der Waals surface area contributed by atoms with Crippen molar-refractivity contribution in [2.45, 2.75) is 53.6 Å². The van der Waals surface area contributed by atoms with Crippen molar-refractivity contribution in [3.63, 3.8) is 0 Å². The number of rotatable bonds is 8. The van der Waals surface area contributed by atoms with Gasteiger partial charge < -0.3 is 15.8 Å². The van der Waals surface area contributed by atoms with Crippen LogP contribution in [0.25, 0.3) is 0 Å². The Morgan fingerprint density at radius 2 is 1.85 bits per heavy atom. The van der Waals surface area contributed by atoms with Gasteiger partial charge in [0.2, 0.25) is 0 Å². The summed E-state index contributed by atoms with van der Waals surface area (Å²) in [7, 11) is 1.70. The molecule has 6 nitrogen and oxygen atoms in total. The lowest BCUT2D eigenvalue weighted by atomic mass is 10.0. The molecule has 0 aliphatic rings. The SMILES string of the molecule is CCc1cccc(CC)c1NC(N)=NCc1c(C)nn(CCOC)c1C.I. The fourth-order valence-corrected chi connectivity index (χ4v) is 3.09. The van der Waals surface area contributed by atoms with Crippen LogP contribution in [0.15, 0.2) is 23.2 Å². The number of nitrogens with zero attached hydrogens (tertiary/aromatic N) is 3. The van der Waals surface area contributed by atoms with E-state index in [4.69, 9.17) is 10.5 Å². The average Bonchev–Trinajstić information content (AvgIpc) is 2.91. The first-order valence-corrected chi connectivity index (χ1v) is 9.21. The number of aromatic nitrogens is 2. The molecular formula is C20H32IN5O. The topological polar surface area (TPSA) is 77.5 Å². The van der Waals surface area contributed by atoms with Crippen molar-refractivity contribution in [3.05, 3.63) is 46.3 Å². The molecule has 2 rings (SSSR count). The van der Waals surface area contributed by atoms with E-state index >= 15 is 0 Å². The summed E-state index contributed by atoms with van der Waals surface area (Å²) in [4.78, 5) is 4.55. The molecule has 0 bridgehead atoms. The largest absolute Gasteiger partial charge is 0.383 e. The number of ether oxygens (including phenoxy) is 1. The summed E-state index contributed by atoms with van der Waals surface area (Å²) in [6.07, 6.45) is 1.90. The summed E-state index contributed by atoms with van der Waals surface area (Å²) in [6, 6.07) is 6.35. The quantitative estimate of drug-likeness (QED) is 0.339. The Hall–Kier alpha value is -1.61. The van der Waals surface area contributed by atoms with E-state index in [1.807, 2.05) is 11.6 Å². The summed E-state index contributed by atoms with van der Waals surface area (Å²) < 4.78 is 7.11. The molecule has 0 saturated carbocycles. The van der Waals surface area contributed by atoms with Crippen LogP contribution in [0.5, 0.6) is 0 Å². The van der Waals surface area contributed by atoms with Crippen molar-refractivity contribution in [1.29, 1.82) is 0 Å². The number of aryl methyl sites for hydroxylation is 3. The number of nitrogens with one attached hydrogen (secondary N) is 1. The van der Waals surface area contributed by atoms with Gasteiger partial charge in [-0.25, -0.2) is 4.99 Å². The molecule has 27 heavy (non-hydrogen) atoms. The first-order valence-electron chi connectivity index (χ1n) is 9.21. The highest BCUT2D eigenvalue weighted by Crippen LogP contribution is 2.22. The van der Waals surface area contributed by atoms with E-state index in [-0.39, 0.29) is 24.0 Å². The summed E-state index contributed by atoms with van der Waals surface area (Å²) in [5.74, 6) is 0.434. The molecule has 0 aliphatic carbocycles. The normalized spacial score (nSPS) is 11.4. The number of methoxy groups -OCH3 is 1. The van der Waals surface area contributed by atoms with E-state index in [1.165, 1.54) is 11.1 Å². The Labute approximate surface area is 179 Å². The van der Waals surface area contributed by atoms with Crippen LogP contribution < -0.4 is 11.1 Å². The van der Waals surface area contributed by atoms with Crippen molar-refractivity contribution in [1.82, 2.24) is 9.78 Å². The van der Waals surface area contributed by atoms with Gasteiger partial charge in [0.05, 0.1) is 25.4 Å². The van der Waals surface area contributed by atoms with Crippen molar-refractivity contribution in [3.8, 4) is 0 Å². The molecule has 1 aromatic heterocycles. The molecule has 0 amide bonds. The van der Waals surface area contributed by atoms with E-state index in [1.54, 1.807) is 7.11 Å². The highest BCUT2D eigenvalue weighted by Gasteiger charge is 2.12. The first kappa shape index (κ1) is 23.4. The van der Waals surface area contributed by atoms with Crippen molar-refractivity contribution in [2.75, 3.05) is 19.0 Å². The highest BCUT2D eigenvalue weighted by atomic mass is 127. The van der Waals surface area contributed by atoms with Crippen LogP contribution >= 0.6 is 24.0 Å². The van der Waals surface area contributed by atoms with Gasteiger partial charge in [-0.15, -0.1) is 24.0 Å². The lowest BCUT2D eigenvalue weighted by molar-refractivity contribution is 0.182. The van der Waals surface area contributed by atoms with E-state index in [0.29, 0.717) is 19.1 Å². The molecule has 1 aromatic carbocycles. The van der Waals surface area contributed by atoms with E-state index in [0.717, 1.165) is 42.0 Å². The minimum Gasteiger partial charge on any atom is -0.383 e. The number of hydrogen-bond acceptors (Lipinski definition) is 3. The Bertz CT molecular complexity index is 748. The zero-order chi connectivity index (χ0) is 19.1. The number of benzene rings is 1. The van der Waals surface area contributed by atoms with Gasteiger partial charge in [0, 0.05) is 24.1 Å². The Morgan fingerprint density at radius 1 is 1.22 bits per heavy atom. The number of guanidine groups is 1. The van der Waals surface area contributed by atoms with Gasteiger partial charge in [0.25, 0.3) is 0 Å². The highest BCUT2D eigenvalue weighted by molar-refractivity contribution is 14.0. The minimum atomic E-state index is 0. The Balaban J connectivity index is 0.00000364. The maximum atomic E-state index is 6.18. The third kappa shape index (κ3) is 5.93. The molecule has 0 atom stereocenters. The zero-order valence-electron chi connectivity index (χ0n) is 17.0. The molecule has 0 unspecified atom stereocenters. The van der Waals surface area contributed by atoms with Crippen LogP contribution in [-0.4, -0.2) is 29.5 Å². The molecule has 7 heteroatoms. The molecule has 3 N–H and O–H groups in total. The number of anilines is 1. The molecule has 2 aromatic rings. The van der Waals surface area contributed by atoms with Gasteiger partial charge in [-0.2, -0.15) is 5.10 Å². The van der Waals surface area contributed by atoms with Crippen LogP contribution in [0.3, 0.4) is 0 Å². The molecular weight excluding hydrogens is 453 g/mol. The second kappa shape index (κ2) is 11.3. The maximum Gasteiger partial charge on any atom is 0.193 e. The molecule has 1 heterocycles. The third-order valence-electron chi connectivity index (χ3n) is 4.70. The van der Waals surface area contributed by atoms with Gasteiger partial charge in [0.1, 0.15) is 0 Å². The second-order valence-electron chi connectivity index (χ2n) is 6.35. The van der Waals surface area contributed by atoms with Crippen LogP contribution in [0.2, 0.25) is 0 Å². The smallest absolute Gasteiger partial charge is 0.193 e. The molecule has 150 valence electrons. The third-order valence-corrected chi connectivity index (χ3v) is 4.70. The van der Waals surface area contributed by atoms with E-state index < -0.39 is 0 Å². The van der Waals surface area contributed by atoms with Crippen LogP contribution in [0.4, 0.5) is 5.69 Å².